The molecule has 0 unspecified atom stereocenters. The van der Waals surface area contributed by atoms with Gasteiger partial charge in [-0.25, -0.2) is 8.42 Å². The van der Waals surface area contributed by atoms with E-state index in [4.69, 9.17) is 0 Å². The van der Waals surface area contributed by atoms with E-state index in [1.807, 2.05) is 6.92 Å². The van der Waals surface area contributed by atoms with Gasteiger partial charge in [-0.05, 0) is 44.4 Å². The molecule has 1 aromatic carbocycles. The predicted molar refractivity (Wildman–Crippen MR) is 98.0 cm³/mol. The van der Waals surface area contributed by atoms with E-state index in [-0.39, 0.29) is 21.9 Å². The molecule has 1 saturated heterocycles. The number of hydrogen-bond donors (Lipinski definition) is 0. The van der Waals surface area contributed by atoms with E-state index in [1.165, 1.54) is 28.6 Å². The number of alkyl halides is 3. The maximum atomic E-state index is 13.0. The molecule has 1 heterocycles. The van der Waals surface area contributed by atoms with Crippen LogP contribution in [0.2, 0.25) is 0 Å². The number of piperazine rings is 1. The van der Waals surface area contributed by atoms with Crippen molar-refractivity contribution in [3.63, 3.8) is 0 Å². The molecule has 1 aromatic rings. The summed E-state index contributed by atoms with van der Waals surface area (Å²) in [6, 6.07) is 7.04. The summed E-state index contributed by atoms with van der Waals surface area (Å²) in [6.45, 7) is 4.90. The van der Waals surface area contributed by atoms with E-state index >= 15 is 0 Å². The number of nitriles is 1. The van der Waals surface area contributed by atoms with Gasteiger partial charge in [0.15, 0.2) is 0 Å². The minimum atomic E-state index is -4.37. The molecule has 1 aliphatic carbocycles. The zero-order valence-electron chi connectivity index (χ0n) is 15.9. The van der Waals surface area contributed by atoms with Gasteiger partial charge < -0.3 is 0 Å². The molecule has 1 aliphatic heterocycles. The summed E-state index contributed by atoms with van der Waals surface area (Å²) < 4.78 is 65.9. The molecular formula is C19H24F3N3O2S. The van der Waals surface area contributed by atoms with Gasteiger partial charge in [0.2, 0.25) is 10.0 Å². The van der Waals surface area contributed by atoms with Crippen LogP contribution in [0.4, 0.5) is 13.2 Å². The fraction of sp³-hybridized carbons (Fsp3) is 0.632. The zero-order valence-corrected chi connectivity index (χ0v) is 16.7. The van der Waals surface area contributed by atoms with Crippen LogP contribution in [-0.2, 0) is 10.0 Å². The van der Waals surface area contributed by atoms with Crippen LogP contribution in [0.1, 0.15) is 38.2 Å². The molecule has 2 atom stereocenters. The molecule has 0 aromatic heterocycles. The first kappa shape index (κ1) is 21.1. The predicted octanol–water partition coefficient (Wildman–Crippen LogP) is 3.35. The number of benzene rings is 1. The largest absolute Gasteiger partial charge is 0.395 e. The minimum Gasteiger partial charge on any atom is -0.299 e. The number of hydrogen-bond acceptors (Lipinski definition) is 4. The Hall–Kier alpha value is -1.63. The minimum absolute atomic E-state index is 0.00149. The van der Waals surface area contributed by atoms with Crippen LogP contribution in [0.5, 0.6) is 0 Å². The summed E-state index contributed by atoms with van der Waals surface area (Å²) in [5.74, 6) is -1.65. The summed E-state index contributed by atoms with van der Waals surface area (Å²) in [5.41, 5.74) is -0.235. The average Bonchev–Trinajstić information content (AvgIpc) is 3.40. The van der Waals surface area contributed by atoms with Crippen LogP contribution >= 0.6 is 0 Å². The lowest BCUT2D eigenvalue weighted by Crippen LogP contribution is -2.54. The Labute approximate surface area is 163 Å². The zero-order chi connectivity index (χ0) is 20.7. The van der Waals surface area contributed by atoms with Crippen LogP contribution in [-0.4, -0.2) is 56.0 Å². The molecule has 28 heavy (non-hydrogen) atoms. The molecule has 3 rings (SSSR count). The molecule has 2 aliphatic rings. The Kier molecular flexibility index (Phi) is 5.51. The smallest absolute Gasteiger partial charge is 0.299 e. The Morgan fingerprint density at radius 1 is 1.25 bits per heavy atom. The highest BCUT2D eigenvalue weighted by Crippen LogP contribution is 2.45. The third kappa shape index (κ3) is 4.19. The van der Waals surface area contributed by atoms with Gasteiger partial charge in [0.1, 0.15) is 0 Å². The number of nitrogens with zero attached hydrogens (tertiary/aromatic N) is 3. The second-order valence-corrected chi connectivity index (χ2v) is 9.81. The van der Waals surface area contributed by atoms with Gasteiger partial charge in [-0.2, -0.15) is 22.7 Å². The molecule has 0 N–H and O–H groups in total. The van der Waals surface area contributed by atoms with Gasteiger partial charge in [-0.3, -0.25) is 4.90 Å². The van der Waals surface area contributed by atoms with Crippen molar-refractivity contribution in [1.82, 2.24) is 9.21 Å². The van der Waals surface area contributed by atoms with Crippen molar-refractivity contribution in [2.75, 3.05) is 26.2 Å². The van der Waals surface area contributed by atoms with Crippen LogP contribution in [0.25, 0.3) is 0 Å². The van der Waals surface area contributed by atoms with Gasteiger partial charge in [0, 0.05) is 32.2 Å². The Morgan fingerprint density at radius 2 is 1.86 bits per heavy atom. The van der Waals surface area contributed by atoms with Gasteiger partial charge >= 0.3 is 6.18 Å². The lowest BCUT2D eigenvalue weighted by Gasteiger charge is -2.39. The van der Waals surface area contributed by atoms with E-state index in [9.17, 15) is 26.9 Å². The molecule has 0 spiro atoms. The second-order valence-electron chi connectivity index (χ2n) is 7.92. The molecule has 154 valence electrons. The van der Waals surface area contributed by atoms with Crippen molar-refractivity contribution < 1.29 is 21.6 Å². The third-order valence-electron chi connectivity index (χ3n) is 5.75. The SMILES string of the molecule is C[C@@H]1CN(CC2(C#N)CC2)CCN1S(=O)(=O)c1ccc([C@H](C)C(F)(F)F)cc1. The first-order chi connectivity index (χ1) is 13.0. The Bertz CT molecular complexity index is 858. The average molecular weight is 415 g/mol. The summed E-state index contributed by atoms with van der Waals surface area (Å²) in [5, 5.41) is 9.24. The fourth-order valence-electron chi connectivity index (χ4n) is 3.65. The topological polar surface area (TPSA) is 64.4 Å². The first-order valence-electron chi connectivity index (χ1n) is 9.31. The fourth-order valence-corrected chi connectivity index (χ4v) is 5.27. The summed E-state index contributed by atoms with van der Waals surface area (Å²) >= 11 is 0. The van der Waals surface area contributed by atoms with Crippen LogP contribution in [0, 0.1) is 16.7 Å². The standard InChI is InChI=1S/C19H24F3N3O2S/c1-14-11-24(13-18(12-23)7-8-18)9-10-25(14)28(26,27)17-5-3-16(4-6-17)15(2)19(20,21)22/h3-6,14-15H,7-11,13H2,1-2H3/t14-,15+/m1/s1. The highest BCUT2D eigenvalue weighted by Gasteiger charge is 2.46. The van der Waals surface area contributed by atoms with Crippen molar-refractivity contribution in [3.8, 4) is 6.07 Å². The highest BCUT2D eigenvalue weighted by molar-refractivity contribution is 7.89. The number of sulfonamides is 1. The molecule has 0 bridgehead atoms. The summed E-state index contributed by atoms with van der Waals surface area (Å²) in [4.78, 5) is 2.13. The second kappa shape index (κ2) is 7.32. The molecule has 0 amide bonds. The number of rotatable bonds is 5. The monoisotopic (exact) mass is 415 g/mol. The van der Waals surface area contributed by atoms with E-state index in [1.54, 1.807) is 0 Å². The lowest BCUT2D eigenvalue weighted by atomic mass is 10.0. The highest BCUT2D eigenvalue weighted by atomic mass is 32.2. The third-order valence-corrected chi connectivity index (χ3v) is 7.77. The molecule has 1 saturated carbocycles. The van der Waals surface area contributed by atoms with Gasteiger partial charge in [0.25, 0.3) is 0 Å². The van der Waals surface area contributed by atoms with E-state index < -0.39 is 22.1 Å². The Balaban J connectivity index is 1.70. The van der Waals surface area contributed by atoms with Crippen LogP contribution < -0.4 is 0 Å². The van der Waals surface area contributed by atoms with Crippen LogP contribution in [0.3, 0.4) is 0 Å². The van der Waals surface area contributed by atoms with Crippen LogP contribution in [0.15, 0.2) is 29.2 Å². The Morgan fingerprint density at radius 3 is 2.32 bits per heavy atom. The molecule has 9 heteroatoms. The summed E-state index contributed by atoms with van der Waals surface area (Å²) in [6.07, 6.45) is -2.59. The van der Waals surface area contributed by atoms with Gasteiger partial charge in [-0.15, -0.1) is 0 Å². The maximum Gasteiger partial charge on any atom is 0.395 e. The van der Waals surface area contributed by atoms with E-state index in [0.29, 0.717) is 26.2 Å². The van der Waals surface area contributed by atoms with Crippen molar-refractivity contribution in [3.05, 3.63) is 29.8 Å². The summed E-state index contributed by atoms with van der Waals surface area (Å²) in [7, 11) is -3.79. The molecule has 2 fully saturated rings. The van der Waals surface area contributed by atoms with Gasteiger partial charge in [-0.1, -0.05) is 12.1 Å². The van der Waals surface area contributed by atoms with Crippen molar-refractivity contribution >= 4 is 10.0 Å². The first-order valence-corrected chi connectivity index (χ1v) is 10.7. The van der Waals surface area contributed by atoms with Gasteiger partial charge in [0.05, 0.1) is 22.3 Å². The quantitative estimate of drug-likeness (QED) is 0.740. The van der Waals surface area contributed by atoms with Crippen molar-refractivity contribution in [2.24, 2.45) is 5.41 Å². The molecular weight excluding hydrogens is 391 g/mol. The van der Waals surface area contributed by atoms with E-state index in [2.05, 4.69) is 11.0 Å². The van der Waals surface area contributed by atoms with Crippen molar-refractivity contribution in [2.45, 2.75) is 49.7 Å². The molecule has 0 radical (unpaired) electrons. The normalized spacial score (nSPS) is 24.5. The maximum absolute atomic E-state index is 13.0. The van der Waals surface area contributed by atoms with Crippen molar-refractivity contribution in [1.29, 1.82) is 5.26 Å². The van der Waals surface area contributed by atoms with E-state index in [0.717, 1.165) is 19.8 Å². The lowest BCUT2D eigenvalue weighted by molar-refractivity contribution is -0.146. The number of halogens is 3. The molecule has 5 nitrogen and oxygen atoms in total.